The van der Waals surface area contributed by atoms with Gasteiger partial charge < -0.3 is 10.3 Å². The third-order valence-electron chi connectivity index (χ3n) is 5.58. The Morgan fingerprint density at radius 2 is 1.62 bits per heavy atom. The highest BCUT2D eigenvalue weighted by Crippen LogP contribution is 2.44. The molecule has 1 aromatic rings. The molecule has 130 valence electrons. The largest absolute Gasteiger partial charge is 0.378 e. The van der Waals surface area contributed by atoms with Crippen molar-refractivity contribution in [1.82, 2.24) is 0 Å². The van der Waals surface area contributed by atoms with E-state index in [0.717, 1.165) is 30.5 Å². The van der Waals surface area contributed by atoms with Crippen molar-refractivity contribution in [3.8, 4) is 0 Å². The Bertz CT molecular complexity index is 681. The summed E-state index contributed by atoms with van der Waals surface area (Å²) in [6, 6.07) is 6.64. The molecule has 1 aliphatic rings. The minimum Gasteiger partial charge on any atom is -0.378 e. The topological polar surface area (TPSA) is 27.1 Å². The van der Waals surface area contributed by atoms with Gasteiger partial charge in [-0.1, -0.05) is 30.6 Å². The number of rotatable bonds is 6. The van der Waals surface area contributed by atoms with Crippen LogP contribution in [0.2, 0.25) is 0 Å². The van der Waals surface area contributed by atoms with E-state index < -0.39 is 0 Å². The van der Waals surface area contributed by atoms with Crippen molar-refractivity contribution in [3.63, 3.8) is 0 Å². The van der Waals surface area contributed by atoms with Crippen molar-refractivity contribution in [2.75, 3.05) is 19.0 Å². The van der Waals surface area contributed by atoms with Crippen LogP contribution in [0.15, 0.2) is 40.5 Å². The van der Waals surface area contributed by atoms with Crippen molar-refractivity contribution in [2.24, 2.45) is 0 Å². The van der Waals surface area contributed by atoms with Crippen LogP contribution in [0.1, 0.15) is 70.9 Å². The summed E-state index contributed by atoms with van der Waals surface area (Å²) in [5.74, 6) is 0.332. The summed E-state index contributed by atoms with van der Waals surface area (Å²) in [6.07, 6.45) is 3.07. The van der Waals surface area contributed by atoms with Crippen LogP contribution >= 0.6 is 0 Å². The summed E-state index contributed by atoms with van der Waals surface area (Å²) in [6.45, 7) is 11.1. The molecule has 2 rings (SSSR count). The molecule has 0 radical (unpaired) electrons. The summed E-state index contributed by atoms with van der Waals surface area (Å²) < 4.78 is 0. The molecule has 0 saturated carbocycles. The maximum Gasteiger partial charge on any atom is 0.0390 e. The van der Waals surface area contributed by atoms with Gasteiger partial charge in [0.25, 0.3) is 0 Å². The van der Waals surface area contributed by atoms with Gasteiger partial charge >= 0.3 is 0 Å². The maximum atomic E-state index is 8.66. The van der Waals surface area contributed by atoms with E-state index in [1.165, 1.54) is 33.5 Å². The fourth-order valence-corrected chi connectivity index (χ4v) is 3.64. The molecule has 1 N–H and O–H groups in total. The highest BCUT2D eigenvalue weighted by Gasteiger charge is 2.28. The summed E-state index contributed by atoms with van der Waals surface area (Å²) in [4.78, 5) is 2.12. The number of nitrogens with one attached hydrogen (secondary N) is 1. The third-order valence-corrected chi connectivity index (χ3v) is 5.58. The fraction of sp³-hybridized carbons (Fsp3) is 0.500. The average Bonchev–Trinajstić information content (AvgIpc) is 2.75. The van der Waals surface area contributed by atoms with Gasteiger partial charge in [0.15, 0.2) is 0 Å². The summed E-state index contributed by atoms with van der Waals surface area (Å²) >= 11 is 0. The summed E-state index contributed by atoms with van der Waals surface area (Å²) in [5, 5.41) is 8.66. The molecule has 2 nitrogen and oxygen atoms in total. The standard InChI is InChI=1S/C22H32N2/c1-8-9-10-21(23)20-13-18(24(6)7)11-12-19(20)22-16(4)14(2)15(3)17(22)5/h11-13,22-23H,8-10H2,1-7H3. The van der Waals surface area contributed by atoms with Gasteiger partial charge in [0.2, 0.25) is 0 Å². The second kappa shape index (κ2) is 7.38. The van der Waals surface area contributed by atoms with E-state index in [-0.39, 0.29) is 0 Å². The van der Waals surface area contributed by atoms with Crippen LogP contribution in [0.5, 0.6) is 0 Å². The minimum atomic E-state index is 0.332. The Kier molecular flexibility index (Phi) is 5.69. The molecule has 1 aromatic carbocycles. The van der Waals surface area contributed by atoms with Crippen molar-refractivity contribution < 1.29 is 0 Å². The van der Waals surface area contributed by atoms with Crippen LogP contribution in [0.3, 0.4) is 0 Å². The number of unbranched alkanes of at least 4 members (excludes halogenated alkanes) is 1. The highest BCUT2D eigenvalue weighted by molar-refractivity contribution is 6.01. The second-order valence-electron chi connectivity index (χ2n) is 7.30. The normalized spacial score (nSPS) is 15.5. The molecule has 0 atom stereocenters. The molecule has 1 aliphatic carbocycles. The van der Waals surface area contributed by atoms with Crippen LogP contribution < -0.4 is 4.90 Å². The molecule has 24 heavy (non-hydrogen) atoms. The van der Waals surface area contributed by atoms with E-state index in [0.29, 0.717) is 5.92 Å². The van der Waals surface area contributed by atoms with Crippen molar-refractivity contribution in [3.05, 3.63) is 51.6 Å². The number of benzene rings is 1. The van der Waals surface area contributed by atoms with Gasteiger partial charge in [-0.2, -0.15) is 0 Å². The second-order valence-corrected chi connectivity index (χ2v) is 7.30. The Labute approximate surface area is 147 Å². The molecule has 0 bridgehead atoms. The van der Waals surface area contributed by atoms with Crippen LogP contribution in [-0.4, -0.2) is 19.8 Å². The average molecular weight is 325 g/mol. The van der Waals surface area contributed by atoms with Crippen molar-refractivity contribution >= 4 is 11.4 Å². The predicted molar refractivity (Wildman–Crippen MR) is 107 cm³/mol. The van der Waals surface area contributed by atoms with E-state index in [4.69, 9.17) is 5.41 Å². The Morgan fingerprint density at radius 1 is 1.04 bits per heavy atom. The molecular formula is C22H32N2. The van der Waals surface area contributed by atoms with Crippen LogP contribution in [0.4, 0.5) is 5.69 Å². The lowest BCUT2D eigenvalue weighted by molar-refractivity contribution is 0.830. The molecule has 0 fully saturated rings. The fourth-order valence-electron chi connectivity index (χ4n) is 3.64. The molecule has 0 aromatic heterocycles. The van der Waals surface area contributed by atoms with Crippen molar-refractivity contribution in [1.29, 1.82) is 5.41 Å². The van der Waals surface area contributed by atoms with Crippen LogP contribution in [0.25, 0.3) is 0 Å². The Hall–Kier alpha value is -1.83. The van der Waals surface area contributed by atoms with Gasteiger partial charge in [-0.15, -0.1) is 0 Å². The lowest BCUT2D eigenvalue weighted by Gasteiger charge is -2.23. The smallest absolute Gasteiger partial charge is 0.0390 e. The molecule has 0 heterocycles. The Morgan fingerprint density at radius 3 is 2.12 bits per heavy atom. The van der Waals surface area contributed by atoms with Gasteiger partial charge in [-0.3, -0.25) is 0 Å². The maximum absolute atomic E-state index is 8.66. The predicted octanol–water partition coefficient (Wildman–Crippen LogP) is 6.08. The van der Waals surface area contributed by atoms with Gasteiger partial charge in [0.1, 0.15) is 0 Å². The Balaban J connectivity index is 2.56. The zero-order chi connectivity index (χ0) is 18.0. The van der Waals surface area contributed by atoms with Gasteiger partial charge in [-0.25, -0.2) is 0 Å². The zero-order valence-electron chi connectivity index (χ0n) is 16.4. The van der Waals surface area contributed by atoms with E-state index >= 15 is 0 Å². The summed E-state index contributed by atoms with van der Waals surface area (Å²) in [5.41, 5.74) is 10.1. The number of nitrogens with zero attached hydrogens (tertiary/aromatic N) is 1. The molecular weight excluding hydrogens is 292 g/mol. The lowest BCUT2D eigenvalue weighted by Crippen LogP contribution is -2.13. The lowest BCUT2D eigenvalue weighted by atomic mass is 9.83. The van der Waals surface area contributed by atoms with E-state index in [2.05, 4.69) is 71.8 Å². The number of allylic oxidation sites excluding steroid dienone is 4. The van der Waals surface area contributed by atoms with E-state index in [1.54, 1.807) is 0 Å². The first kappa shape index (κ1) is 18.5. The first-order valence-corrected chi connectivity index (χ1v) is 9.03. The summed E-state index contributed by atoms with van der Waals surface area (Å²) in [7, 11) is 4.13. The molecule has 0 amide bonds. The molecule has 0 unspecified atom stereocenters. The third kappa shape index (κ3) is 3.33. The monoisotopic (exact) mass is 324 g/mol. The number of anilines is 1. The molecule has 0 aliphatic heterocycles. The first-order valence-electron chi connectivity index (χ1n) is 9.03. The SMILES string of the molecule is CCCCC(=N)c1cc(N(C)C)ccc1C1C(C)=C(C)C(C)=C1C. The zero-order valence-corrected chi connectivity index (χ0v) is 16.4. The van der Waals surface area contributed by atoms with E-state index in [1.807, 2.05) is 0 Å². The minimum absolute atomic E-state index is 0.332. The van der Waals surface area contributed by atoms with E-state index in [9.17, 15) is 0 Å². The van der Waals surface area contributed by atoms with Crippen LogP contribution in [-0.2, 0) is 0 Å². The van der Waals surface area contributed by atoms with Crippen molar-refractivity contribution in [2.45, 2.75) is 59.8 Å². The highest BCUT2D eigenvalue weighted by atomic mass is 15.1. The van der Waals surface area contributed by atoms with Gasteiger partial charge in [0.05, 0.1) is 0 Å². The quantitative estimate of drug-likeness (QED) is 0.631. The molecule has 2 heteroatoms. The molecule has 0 saturated heterocycles. The molecule has 0 spiro atoms. The number of hydrogen-bond donors (Lipinski definition) is 1. The van der Waals surface area contributed by atoms with Gasteiger partial charge in [0, 0.05) is 37.0 Å². The first-order chi connectivity index (χ1) is 11.3. The van der Waals surface area contributed by atoms with Crippen LogP contribution in [0, 0.1) is 5.41 Å². The number of hydrogen-bond acceptors (Lipinski definition) is 2. The van der Waals surface area contributed by atoms with Gasteiger partial charge in [-0.05, 0) is 69.4 Å².